The molecule has 6 nitrogen and oxygen atoms in total. The van der Waals surface area contributed by atoms with Gasteiger partial charge in [0.2, 0.25) is 0 Å². The fourth-order valence-corrected chi connectivity index (χ4v) is 3.16. The molecular formula is C23H24BrN3O3. The summed E-state index contributed by atoms with van der Waals surface area (Å²) in [6.45, 7) is 5.08. The third kappa shape index (κ3) is 5.79. The largest absolute Gasteiger partial charge is 0.492 e. The minimum atomic E-state index is -0.321. The van der Waals surface area contributed by atoms with Crippen LogP contribution in [0.15, 0.2) is 76.0 Å². The number of para-hydroxylation sites is 1. The number of carbonyl (C=O) groups excluding carboxylic acids is 1. The van der Waals surface area contributed by atoms with E-state index in [4.69, 9.17) is 4.74 Å². The summed E-state index contributed by atoms with van der Waals surface area (Å²) in [7, 11) is 0. The zero-order chi connectivity index (χ0) is 21.6. The van der Waals surface area contributed by atoms with Crippen LogP contribution in [0, 0.1) is 0 Å². The number of halogens is 1. The van der Waals surface area contributed by atoms with Crippen LogP contribution in [0.5, 0.6) is 5.75 Å². The molecule has 3 rings (SSSR count). The second kappa shape index (κ2) is 9.71. The molecule has 0 spiro atoms. The van der Waals surface area contributed by atoms with Gasteiger partial charge in [0.25, 0.3) is 11.5 Å². The van der Waals surface area contributed by atoms with Crippen molar-refractivity contribution in [1.29, 1.82) is 0 Å². The van der Waals surface area contributed by atoms with E-state index in [0.29, 0.717) is 6.54 Å². The molecule has 3 aromatic rings. The van der Waals surface area contributed by atoms with Crippen molar-refractivity contribution in [3.05, 3.63) is 92.8 Å². The molecular weight excluding hydrogens is 446 g/mol. The molecule has 1 N–H and O–H groups in total. The van der Waals surface area contributed by atoms with E-state index in [1.165, 1.54) is 16.8 Å². The lowest BCUT2D eigenvalue weighted by atomic mass is 9.84. The molecule has 0 fully saturated rings. The maximum Gasteiger partial charge on any atom is 0.271 e. The maximum absolute atomic E-state index is 12.6. The Morgan fingerprint density at radius 2 is 1.77 bits per heavy atom. The summed E-state index contributed by atoms with van der Waals surface area (Å²) in [6.07, 6.45) is 0. The average Bonchev–Trinajstić information content (AvgIpc) is 2.74. The third-order valence-corrected chi connectivity index (χ3v) is 5.26. The lowest BCUT2D eigenvalue weighted by Gasteiger charge is -2.25. The quantitative estimate of drug-likeness (QED) is 0.544. The van der Waals surface area contributed by atoms with Gasteiger partial charge in [0.05, 0.1) is 6.54 Å². The molecule has 0 bridgehead atoms. The van der Waals surface area contributed by atoms with Gasteiger partial charge in [-0.2, -0.15) is 5.10 Å². The molecule has 7 heteroatoms. The van der Waals surface area contributed by atoms with Crippen molar-refractivity contribution in [3.8, 4) is 5.75 Å². The Labute approximate surface area is 184 Å². The number of hydrogen-bond acceptors (Lipinski definition) is 4. The molecule has 1 aromatic heterocycles. The number of ether oxygens (including phenoxy) is 1. The first kappa shape index (κ1) is 21.8. The SMILES string of the molecule is CC(C)(CNC(=O)c1ccc(=O)n(CCOc2ccccc2)n1)c1ccc(Br)cc1. The molecule has 30 heavy (non-hydrogen) atoms. The van der Waals surface area contributed by atoms with Crippen molar-refractivity contribution >= 4 is 21.8 Å². The van der Waals surface area contributed by atoms with Crippen LogP contribution in [-0.2, 0) is 12.0 Å². The van der Waals surface area contributed by atoms with Gasteiger partial charge in [-0.05, 0) is 35.9 Å². The summed E-state index contributed by atoms with van der Waals surface area (Å²) < 4.78 is 7.87. The van der Waals surface area contributed by atoms with Crippen molar-refractivity contribution in [2.75, 3.05) is 13.2 Å². The Morgan fingerprint density at radius 1 is 1.07 bits per heavy atom. The van der Waals surface area contributed by atoms with Gasteiger partial charge in [-0.1, -0.05) is 60.1 Å². The van der Waals surface area contributed by atoms with Crippen molar-refractivity contribution in [1.82, 2.24) is 15.1 Å². The van der Waals surface area contributed by atoms with Crippen LogP contribution in [0.4, 0.5) is 0 Å². The van der Waals surface area contributed by atoms with Gasteiger partial charge >= 0.3 is 0 Å². The second-order valence-electron chi connectivity index (χ2n) is 7.51. The first-order valence-corrected chi connectivity index (χ1v) is 10.4. The van der Waals surface area contributed by atoms with Gasteiger partial charge in [-0.3, -0.25) is 9.59 Å². The molecule has 0 atom stereocenters. The van der Waals surface area contributed by atoms with Crippen molar-refractivity contribution in [3.63, 3.8) is 0 Å². The summed E-state index contributed by atoms with van der Waals surface area (Å²) >= 11 is 3.43. The number of amides is 1. The fourth-order valence-electron chi connectivity index (χ4n) is 2.89. The van der Waals surface area contributed by atoms with Crippen LogP contribution in [0.1, 0.15) is 29.9 Å². The number of rotatable bonds is 8. The van der Waals surface area contributed by atoms with Gasteiger partial charge in [0.15, 0.2) is 0 Å². The monoisotopic (exact) mass is 469 g/mol. The van der Waals surface area contributed by atoms with E-state index in [1.54, 1.807) is 0 Å². The van der Waals surface area contributed by atoms with Gasteiger partial charge in [0.1, 0.15) is 18.1 Å². The highest BCUT2D eigenvalue weighted by Gasteiger charge is 2.22. The summed E-state index contributed by atoms with van der Waals surface area (Å²) in [5.41, 5.74) is 0.773. The number of carbonyl (C=O) groups is 1. The molecule has 2 aromatic carbocycles. The molecule has 0 radical (unpaired) electrons. The summed E-state index contributed by atoms with van der Waals surface area (Å²) in [5.74, 6) is 0.396. The molecule has 0 unspecified atom stereocenters. The van der Waals surface area contributed by atoms with Crippen LogP contribution in [-0.4, -0.2) is 28.8 Å². The predicted molar refractivity (Wildman–Crippen MR) is 120 cm³/mol. The molecule has 0 aliphatic carbocycles. The highest BCUT2D eigenvalue weighted by Crippen LogP contribution is 2.24. The Morgan fingerprint density at radius 3 is 2.47 bits per heavy atom. The minimum Gasteiger partial charge on any atom is -0.492 e. The lowest BCUT2D eigenvalue weighted by Crippen LogP contribution is -2.38. The Kier molecular flexibility index (Phi) is 7.05. The van der Waals surface area contributed by atoms with Gasteiger partial charge in [0, 0.05) is 22.5 Å². The molecule has 1 amide bonds. The highest BCUT2D eigenvalue weighted by molar-refractivity contribution is 9.10. The molecule has 0 saturated carbocycles. The van der Waals surface area contributed by atoms with E-state index < -0.39 is 0 Å². The van der Waals surface area contributed by atoms with E-state index in [1.807, 2.05) is 54.6 Å². The number of hydrogen-bond donors (Lipinski definition) is 1. The van der Waals surface area contributed by atoms with Crippen LogP contribution in [0.25, 0.3) is 0 Å². The molecule has 0 saturated heterocycles. The normalized spacial score (nSPS) is 11.2. The Bertz CT molecular complexity index is 1050. The van der Waals surface area contributed by atoms with Crippen LogP contribution >= 0.6 is 15.9 Å². The fraction of sp³-hybridized carbons (Fsp3) is 0.261. The molecule has 156 valence electrons. The van der Waals surface area contributed by atoms with Gasteiger partial charge in [-0.25, -0.2) is 4.68 Å². The summed E-state index contributed by atoms with van der Waals surface area (Å²) in [4.78, 5) is 24.7. The smallest absolute Gasteiger partial charge is 0.271 e. The minimum absolute atomic E-state index is 0.195. The highest BCUT2D eigenvalue weighted by atomic mass is 79.9. The van der Waals surface area contributed by atoms with E-state index in [9.17, 15) is 9.59 Å². The second-order valence-corrected chi connectivity index (χ2v) is 8.43. The topological polar surface area (TPSA) is 73.2 Å². The van der Waals surface area contributed by atoms with E-state index in [2.05, 4.69) is 40.2 Å². The number of aromatic nitrogens is 2. The van der Waals surface area contributed by atoms with Gasteiger partial charge < -0.3 is 10.1 Å². The zero-order valence-electron chi connectivity index (χ0n) is 17.0. The van der Waals surface area contributed by atoms with E-state index >= 15 is 0 Å². The summed E-state index contributed by atoms with van der Waals surface area (Å²) in [5, 5.41) is 7.12. The van der Waals surface area contributed by atoms with Crippen LogP contribution in [0.3, 0.4) is 0 Å². The first-order valence-electron chi connectivity index (χ1n) is 9.65. The third-order valence-electron chi connectivity index (χ3n) is 4.73. The number of benzene rings is 2. The standard InChI is InChI=1S/C23H24BrN3O3/c1-23(2,17-8-10-18(24)11-9-17)16-25-22(29)20-12-13-21(28)27(26-20)14-15-30-19-6-4-3-5-7-19/h3-13H,14-16H2,1-2H3,(H,25,29). The Hall–Kier alpha value is -2.93. The van der Waals surface area contributed by atoms with Crippen molar-refractivity contribution < 1.29 is 9.53 Å². The van der Waals surface area contributed by atoms with Crippen molar-refractivity contribution in [2.24, 2.45) is 0 Å². The zero-order valence-corrected chi connectivity index (χ0v) is 18.6. The first-order chi connectivity index (χ1) is 14.3. The maximum atomic E-state index is 12.6. The molecule has 0 aliphatic heterocycles. The number of nitrogens with one attached hydrogen (secondary N) is 1. The predicted octanol–water partition coefficient (Wildman–Crippen LogP) is 3.79. The number of nitrogens with zero attached hydrogens (tertiary/aromatic N) is 2. The van der Waals surface area contributed by atoms with E-state index in [0.717, 1.165) is 15.8 Å². The van der Waals surface area contributed by atoms with E-state index in [-0.39, 0.29) is 35.7 Å². The van der Waals surface area contributed by atoms with Gasteiger partial charge in [-0.15, -0.1) is 0 Å². The van der Waals surface area contributed by atoms with Crippen LogP contribution in [0.2, 0.25) is 0 Å². The Balaban J connectivity index is 1.61. The average molecular weight is 470 g/mol. The summed E-state index contributed by atoms with van der Waals surface area (Å²) in [6, 6.07) is 20.1. The lowest BCUT2D eigenvalue weighted by molar-refractivity contribution is 0.0937. The van der Waals surface area contributed by atoms with Crippen LogP contribution < -0.4 is 15.6 Å². The van der Waals surface area contributed by atoms with Crippen molar-refractivity contribution in [2.45, 2.75) is 25.8 Å². The molecule has 0 aliphatic rings. The molecule has 1 heterocycles.